The van der Waals surface area contributed by atoms with Crippen molar-refractivity contribution >= 4 is 37.8 Å². The van der Waals surface area contributed by atoms with E-state index < -0.39 is 0 Å². The molecule has 0 aliphatic heterocycles. The van der Waals surface area contributed by atoms with Crippen LogP contribution in [0.4, 0.5) is 0 Å². The Morgan fingerprint density at radius 1 is 1.35 bits per heavy atom. The summed E-state index contributed by atoms with van der Waals surface area (Å²) < 4.78 is 6.69. The van der Waals surface area contributed by atoms with Gasteiger partial charge in [0.15, 0.2) is 0 Å². The minimum atomic E-state index is -0.0920. The molecule has 0 bridgehead atoms. The summed E-state index contributed by atoms with van der Waals surface area (Å²) in [7, 11) is 0. The quantitative estimate of drug-likeness (QED) is 0.621. The molecule has 1 N–H and O–H groups in total. The van der Waals surface area contributed by atoms with Crippen molar-refractivity contribution in [2.24, 2.45) is 0 Å². The number of halogens is 2. The van der Waals surface area contributed by atoms with Gasteiger partial charge in [0.25, 0.3) is 5.91 Å². The van der Waals surface area contributed by atoms with Gasteiger partial charge in [-0.25, -0.2) is 0 Å². The highest BCUT2D eigenvalue weighted by molar-refractivity contribution is 9.11. The SMILES string of the molecule is C=COCCCNC(=O)c1cc(Br)cc(Br)c1. The Morgan fingerprint density at radius 3 is 2.59 bits per heavy atom. The zero-order chi connectivity index (χ0) is 12.7. The molecule has 5 heteroatoms. The molecule has 0 heterocycles. The van der Waals surface area contributed by atoms with Crippen molar-refractivity contribution in [1.29, 1.82) is 0 Å². The van der Waals surface area contributed by atoms with Crippen molar-refractivity contribution in [1.82, 2.24) is 5.32 Å². The van der Waals surface area contributed by atoms with E-state index in [0.29, 0.717) is 18.7 Å². The third-order valence-corrected chi connectivity index (χ3v) is 2.88. The molecule has 0 saturated carbocycles. The molecular weight excluding hydrogens is 350 g/mol. The first-order chi connectivity index (χ1) is 8.13. The Kier molecular flexibility index (Phi) is 6.29. The fraction of sp³-hybridized carbons (Fsp3) is 0.250. The minimum Gasteiger partial charge on any atom is -0.502 e. The van der Waals surface area contributed by atoms with E-state index in [1.54, 1.807) is 12.1 Å². The number of ether oxygens (including phenoxy) is 1. The Labute approximate surface area is 117 Å². The van der Waals surface area contributed by atoms with Gasteiger partial charge in [-0.2, -0.15) is 0 Å². The second-order valence-electron chi connectivity index (χ2n) is 3.31. The number of carbonyl (C=O) groups excluding carboxylic acids is 1. The summed E-state index contributed by atoms with van der Waals surface area (Å²) in [6.45, 7) is 4.58. The predicted octanol–water partition coefficient (Wildman–Crippen LogP) is 3.49. The van der Waals surface area contributed by atoms with E-state index in [1.807, 2.05) is 6.07 Å². The average Bonchev–Trinajstić information content (AvgIpc) is 2.27. The smallest absolute Gasteiger partial charge is 0.251 e. The molecule has 1 amide bonds. The van der Waals surface area contributed by atoms with Gasteiger partial charge in [-0.3, -0.25) is 4.79 Å². The molecule has 1 aromatic carbocycles. The van der Waals surface area contributed by atoms with Crippen molar-refractivity contribution in [2.75, 3.05) is 13.2 Å². The molecule has 1 rings (SSSR count). The molecule has 0 atom stereocenters. The summed E-state index contributed by atoms with van der Waals surface area (Å²) in [4.78, 5) is 11.8. The molecule has 0 spiro atoms. The summed E-state index contributed by atoms with van der Waals surface area (Å²) in [5.74, 6) is -0.0920. The van der Waals surface area contributed by atoms with Crippen LogP contribution in [0, 0.1) is 0 Å². The fourth-order valence-corrected chi connectivity index (χ4v) is 2.52. The molecule has 3 nitrogen and oxygen atoms in total. The Hall–Kier alpha value is -0.810. The van der Waals surface area contributed by atoms with Gasteiger partial charge in [-0.1, -0.05) is 38.4 Å². The fourth-order valence-electron chi connectivity index (χ4n) is 1.23. The van der Waals surface area contributed by atoms with Gasteiger partial charge in [0.1, 0.15) is 0 Å². The molecule has 0 aliphatic carbocycles. The maximum atomic E-state index is 11.8. The molecule has 0 unspecified atom stereocenters. The number of hydrogen-bond donors (Lipinski definition) is 1. The maximum Gasteiger partial charge on any atom is 0.251 e. The first kappa shape index (κ1) is 14.3. The number of carbonyl (C=O) groups is 1. The van der Waals surface area contributed by atoms with Crippen LogP contribution in [0.15, 0.2) is 40.0 Å². The topological polar surface area (TPSA) is 38.3 Å². The van der Waals surface area contributed by atoms with Crippen molar-refractivity contribution in [3.63, 3.8) is 0 Å². The number of nitrogens with one attached hydrogen (secondary N) is 1. The van der Waals surface area contributed by atoms with E-state index >= 15 is 0 Å². The van der Waals surface area contributed by atoms with Crippen LogP contribution in [0.3, 0.4) is 0 Å². The summed E-state index contributed by atoms with van der Waals surface area (Å²) in [5, 5.41) is 2.82. The van der Waals surface area contributed by atoms with Gasteiger partial charge in [0.2, 0.25) is 0 Å². The van der Waals surface area contributed by atoms with Crippen LogP contribution in [0.2, 0.25) is 0 Å². The summed E-state index contributed by atoms with van der Waals surface area (Å²) in [5.41, 5.74) is 0.621. The zero-order valence-corrected chi connectivity index (χ0v) is 12.4. The number of rotatable bonds is 6. The first-order valence-corrected chi connectivity index (χ1v) is 6.69. The normalized spacial score (nSPS) is 9.76. The van der Waals surface area contributed by atoms with Crippen LogP contribution in [0.1, 0.15) is 16.8 Å². The number of hydrogen-bond acceptors (Lipinski definition) is 2. The molecule has 0 saturated heterocycles. The lowest BCUT2D eigenvalue weighted by Crippen LogP contribution is -2.25. The lowest BCUT2D eigenvalue weighted by molar-refractivity contribution is 0.0950. The predicted molar refractivity (Wildman–Crippen MR) is 74.9 cm³/mol. The first-order valence-electron chi connectivity index (χ1n) is 5.10. The van der Waals surface area contributed by atoms with Crippen molar-refractivity contribution in [3.8, 4) is 0 Å². The number of benzene rings is 1. The third-order valence-electron chi connectivity index (χ3n) is 1.97. The van der Waals surface area contributed by atoms with Crippen LogP contribution in [-0.2, 0) is 4.74 Å². The highest BCUT2D eigenvalue weighted by Gasteiger charge is 2.06. The summed E-state index contributed by atoms with van der Waals surface area (Å²) >= 11 is 6.69. The maximum absolute atomic E-state index is 11.8. The highest BCUT2D eigenvalue weighted by Crippen LogP contribution is 2.19. The van der Waals surface area contributed by atoms with Gasteiger partial charge < -0.3 is 10.1 Å². The van der Waals surface area contributed by atoms with Gasteiger partial charge >= 0.3 is 0 Å². The molecule has 0 aliphatic rings. The van der Waals surface area contributed by atoms with Gasteiger partial charge in [0.05, 0.1) is 12.9 Å². The van der Waals surface area contributed by atoms with E-state index in [9.17, 15) is 4.79 Å². The Morgan fingerprint density at radius 2 is 2.00 bits per heavy atom. The molecule has 0 aromatic heterocycles. The molecule has 1 aromatic rings. The zero-order valence-electron chi connectivity index (χ0n) is 9.21. The Bertz CT molecular complexity index is 387. The van der Waals surface area contributed by atoms with Crippen LogP contribution in [0.5, 0.6) is 0 Å². The van der Waals surface area contributed by atoms with Crippen LogP contribution in [-0.4, -0.2) is 19.1 Å². The average molecular weight is 363 g/mol. The van der Waals surface area contributed by atoms with Crippen LogP contribution in [0.25, 0.3) is 0 Å². The minimum absolute atomic E-state index is 0.0920. The Balaban J connectivity index is 2.44. The van der Waals surface area contributed by atoms with Crippen molar-refractivity contribution < 1.29 is 9.53 Å². The van der Waals surface area contributed by atoms with Crippen LogP contribution < -0.4 is 5.32 Å². The largest absolute Gasteiger partial charge is 0.502 e. The summed E-state index contributed by atoms with van der Waals surface area (Å²) in [6, 6.07) is 5.44. The van der Waals surface area contributed by atoms with E-state index in [1.165, 1.54) is 6.26 Å². The monoisotopic (exact) mass is 361 g/mol. The molecule has 17 heavy (non-hydrogen) atoms. The molecule has 0 fully saturated rings. The lowest BCUT2D eigenvalue weighted by atomic mass is 10.2. The molecule has 0 radical (unpaired) electrons. The van der Waals surface area contributed by atoms with Crippen molar-refractivity contribution in [3.05, 3.63) is 45.5 Å². The van der Waals surface area contributed by atoms with Crippen molar-refractivity contribution in [2.45, 2.75) is 6.42 Å². The number of amides is 1. The highest BCUT2D eigenvalue weighted by atomic mass is 79.9. The standard InChI is InChI=1S/C12H13Br2NO2/c1-2-17-5-3-4-15-12(16)9-6-10(13)8-11(14)7-9/h2,6-8H,1,3-5H2,(H,15,16). The van der Waals surface area contributed by atoms with E-state index in [-0.39, 0.29) is 5.91 Å². The van der Waals surface area contributed by atoms with E-state index in [4.69, 9.17) is 4.74 Å². The van der Waals surface area contributed by atoms with Gasteiger partial charge in [0, 0.05) is 21.1 Å². The second kappa shape index (κ2) is 7.50. The third kappa shape index (κ3) is 5.37. The molecular formula is C12H13Br2NO2. The van der Waals surface area contributed by atoms with Crippen LogP contribution >= 0.6 is 31.9 Å². The van der Waals surface area contributed by atoms with E-state index in [2.05, 4.69) is 43.8 Å². The summed E-state index contributed by atoms with van der Waals surface area (Å²) in [6.07, 6.45) is 2.15. The lowest BCUT2D eigenvalue weighted by Gasteiger charge is -2.06. The van der Waals surface area contributed by atoms with E-state index in [0.717, 1.165) is 15.4 Å². The molecule has 92 valence electrons. The van der Waals surface area contributed by atoms with Gasteiger partial charge in [-0.05, 0) is 24.6 Å². The second-order valence-corrected chi connectivity index (χ2v) is 5.14. The van der Waals surface area contributed by atoms with Gasteiger partial charge in [-0.15, -0.1) is 0 Å².